The van der Waals surface area contributed by atoms with Gasteiger partial charge >= 0.3 is 0 Å². The number of carbonyl (C=O) groups is 1. The Kier molecular flexibility index (Phi) is 3.65. The number of ether oxygens (including phenoxy) is 1. The van der Waals surface area contributed by atoms with Crippen LogP contribution >= 0.6 is 11.3 Å². The summed E-state index contributed by atoms with van der Waals surface area (Å²) in [4.78, 5) is 17.1. The Bertz CT molecular complexity index is 933. The fourth-order valence-electron chi connectivity index (χ4n) is 2.54. The molecule has 0 unspecified atom stereocenters. The topological polar surface area (TPSA) is 77.0 Å². The Hall–Kier alpha value is -2.54. The number of nitrogens with one attached hydrogen (secondary N) is 1. The van der Waals surface area contributed by atoms with Crippen LogP contribution in [0.4, 0.5) is 5.13 Å². The van der Waals surface area contributed by atoms with Crippen LogP contribution in [0.1, 0.15) is 39.8 Å². The molecule has 7 heteroatoms. The molecule has 2 heterocycles. The summed E-state index contributed by atoms with van der Waals surface area (Å²) in [5.41, 5.74) is 2.01. The van der Waals surface area contributed by atoms with E-state index in [1.165, 1.54) is 24.2 Å². The average Bonchev–Trinajstić information content (AvgIpc) is 3.33. The van der Waals surface area contributed by atoms with E-state index in [1.54, 1.807) is 7.11 Å². The van der Waals surface area contributed by atoms with Gasteiger partial charge in [-0.15, -0.1) is 10.2 Å². The molecule has 1 aromatic carbocycles. The van der Waals surface area contributed by atoms with Crippen molar-refractivity contribution in [3.63, 3.8) is 0 Å². The van der Waals surface area contributed by atoms with Crippen LogP contribution in [-0.4, -0.2) is 28.2 Å². The first-order valence-electron chi connectivity index (χ1n) is 7.74. The van der Waals surface area contributed by atoms with E-state index in [-0.39, 0.29) is 5.91 Å². The van der Waals surface area contributed by atoms with Gasteiger partial charge in [-0.3, -0.25) is 15.1 Å². The maximum absolute atomic E-state index is 12.6. The van der Waals surface area contributed by atoms with Crippen molar-refractivity contribution < 1.29 is 9.53 Å². The van der Waals surface area contributed by atoms with Crippen molar-refractivity contribution in [2.75, 3.05) is 12.4 Å². The number of carbonyl (C=O) groups excluding carboxylic acids is 1. The smallest absolute Gasteiger partial charge is 0.259 e. The van der Waals surface area contributed by atoms with Crippen molar-refractivity contribution in [1.82, 2.24) is 15.2 Å². The molecule has 2 aromatic heterocycles. The second-order valence-electron chi connectivity index (χ2n) is 5.85. The molecule has 0 saturated heterocycles. The van der Waals surface area contributed by atoms with Crippen molar-refractivity contribution >= 4 is 33.3 Å². The third kappa shape index (κ3) is 2.82. The number of anilines is 1. The monoisotopic (exact) mass is 340 g/mol. The standard InChI is InChI=1S/C17H16N4O2S/c1-9-13(7-11-5-6-12(23-2)8-14(11)18-9)15(22)19-17-21-20-16(24-17)10-3-4-10/h5-8,10H,3-4H2,1-2H3,(H,19,21,22). The van der Waals surface area contributed by atoms with Gasteiger partial charge in [-0.2, -0.15) is 0 Å². The minimum Gasteiger partial charge on any atom is -0.497 e. The summed E-state index contributed by atoms with van der Waals surface area (Å²) in [5.74, 6) is 1.07. The van der Waals surface area contributed by atoms with E-state index in [9.17, 15) is 4.79 Å². The lowest BCUT2D eigenvalue weighted by Gasteiger charge is -2.08. The van der Waals surface area contributed by atoms with Gasteiger partial charge in [-0.1, -0.05) is 11.3 Å². The second kappa shape index (κ2) is 5.83. The van der Waals surface area contributed by atoms with Gasteiger partial charge in [-0.25, -0.2) is 0 Å². The molecule has 1 amide bonds. The number of rotatable bonds is 4. The fourth-order valence-corrected chi connectivity index (χ4v) is 3.45. The molecular weight excluding hydrogens is 324 g/mol. The van der Waals surface area contributed by atoms with Gasteiger partial charge < -0.3 is 4.74 Å². The number of hydrogen-bond acceptors (Lipinski definition) is 6. The van der Waals surface area contributed by atoms with E-state index in [0.717, 1.165) is 21.7 Å². The SMILES string of the molecule is COc1ccc2cc(C(=O)Nc3nnc(C4CC4)s3)c(C)nc2c1. The Labute approximate surface area is 142 Å². The molecule has 1 aliphatic rings. The molecule has 1 fully saturated rings. The molecule has 3 aromatic rings. The van der Waals surface area contributed by atoms with Crippen LogP contribution in [0.15, 0.2) is 24.3 Å². The number of amides is 1. The first kappa shape index (κ1) is 15.0. The minimum absolute atomic E-state index is 0.212. The quantitative estimate of drug-likeness (QED) is 0.786. The van der Waals surface area contributed by atoms with Gasteiger partial charge in [0.05, 0.1) is 23.9 Å². The van der Waals surface area contributed by atoms with Crippen LogP contribution in [0, 0.1) is 6.92 Å². The van der Waals surface area contributed by atoms with Gasteiger partial charge in [0.15, 0.2) is 0 Å². The van der Waals surface area contributed by atoms with Crippen LogP contribution in [0.5, 0.6) is 5.75 Å². The van der Waals surface area contributed by atoms with Crippen molar-refractivity contribution in [3.05, 3.63) is 40.5 Å². The molecule has 0 bridgehead atoms. The van der Waals surface area contributed by atoms with Crippen LogP contribution in [0.3, 0.4) is 0 Å². The number of aryl methyl sites for hydroxylation is 1. The van der Waals surface area contributed by atoms with Gasteiger partial charge in [0.1, 0.15) is 10.8 Å². The van der Waals surface area contributed by atoms with Gasteiger partial charge in [0, 0.05) is 17.4 Å². The number of methoxy groups -OCH3 is 1. The Balaban J connectivity index is 1.61. The van der Waals surface area contributed by atoms with Gasteiger partial charge in [0.2, 0.25) is 5.13 Å². The van der Waals surface area contributed by atoms with Gasteiger partial charge in [-0.05, 0) is 38.0 Å². The summed E-state index contributed by atoms with van der Waals surface area (Å²) in [6, 6.07) is 7.45. The summed E-state index contributed by atoms with van der Waals surface area (Å²) >= 11 is 1.45. The highest BCUT2D eigenvalue weighted by molar-refractivity contribution is 7.15. The Morgan fingerprint density at radius 1 is 1.29 bits per heavy atom. The highest BCUT2D eigenvalue weighted by Crippen LogP contribution is 2.42. The van der Waals surface area contributed by atoms with Crippen LogP contribution in [-0.2, 0) is 0 Å². The zero-order valence-corrected chi connectivity index (χ0v) is 14.2. The number of benzene rings is 1. The summed E-state index contributed by atoms with van der Waals surface area (Å²) < 4.78 is 5.21. The molecule has 122 valence electrons. The summed E-state index contributed by atoms with van der Waals surface area (Å²) in [5, 5.41) is 13.5. The van der Waals surface area contributed by atoms with Gasteiger partial charge in [0.25, 0.3) is 5.91 Å². The number of nitrogens with zero attached hydrogens (tertiary/aromatic N) is 3. The molecule has 24 heavy (non-hydrogen) atoms. The minimum atomic E-state index is -0.212. The largest absolute Gasteiger partial charge is 0.497 e. The van der Waals surface area contributed by atoms with E-state index < -0.39 is 0 Å². The van der Waals surface area contributed by atoms with Crippen molar-refractivity contribution in [3.8, 4) is 5.75 Å². The fraction of sp³-hybridized carbons (Fsp3) is 0.294. The number of fused-ring (bicyclic) bond motifs is 1. The lowest BCUT2D eigenvalue weighted by atomic mass is 10.1. The molecule has 0 aliphatic heterocycles. The Morgan fingerprint density at radius 3 is 2.88 bits per heavy atom. The Morgan fingerprint density at radius 2 is 2.12 bits per heavy atom. The molecular formula is C17H16N4O2S. The molecule has 0 spiro atoms. The van der Waals surface area contributed by atoms with E-state index in [0.29, 0.717) is 22.3 Å². The number of pyridine rings is 1. The molecule has 0 atom stereocenters. The molecule has 4 rings (SSSR count). The third-order valence-corrected chi connectivity index (χ3v) is 5.05. The highest BCUT2D eigenvalue weighted by atomic mass is 32.1. The zero-order chi connectivity index (χ0) is 16.7. The molecule has 6 nitrogen and oxygen atoms in total. The van der Waals surface area contributed by atoms with Crippen LogP contribution < -0.4 is 10.1 Å². The molecule has 1 N–H and O–H groups in total. The third-order valence-electron chi connectivity index (χ3n) is 4.05. The molecule has 1 saturated carbocycles. The van der Waals surface area contributed by atoms with E-state index >= 15 is 0 Å². The van der Waals surface area contributed by atoms with E-state index in [1.807, 2.05) is 31.2 Å². The molecule has 1 aliphatic carbocycles. The maximum atomic E-state index is 12.6. The molecule has 0 radical (unpaired) electrons. The lowest BCUT2D eigenvalue weighted by molar-refractivity contribution is 0.102. The highest BCUT2D eigenvalue weighted by Gasteiger charge is 2.28. The predicted octanol–water partition coefficient (Wildman–Crippen LogP) is 3.53. The van der Waals surface area contributed by atoms with E-state index in [2.05, 4.69) is 20.5 Å². The van der Waals surface area contributed by atoms with Crippen molar-refractivity contribution in [2.24, 2.45) is 0 Å². The van der Waals surface area contributed by atoms with Crippen molar-refractivity contribution in [2.45, 2.75) is 25.7 Å². The van der Waals surface area contributed by atoms with Crippen LogP contribution in [0.25, 0.3) is 10.9 Å². The number of aromatic nitrogens is 3. The summed E-state index contributed by atoms with van der Waals surface area (Å²) in [6.45, 7) is 1.82. The maximum Gasteiger partial charge on any atom is 0.259 e. The van der Waals surface area contributed by atoms with Crippen LogP contribution in [0.2, 0.25) is 0 Å². The zero-order valence-electron chi connectivity index (χ0n) is 13.4. The van der Waals surface area contributed by atoms with Crippen molar-refractivity contribution in [1.29, 1.82) is 0 Å². The lowest BCUT2D eigenvalue weighted by Crippen LogP contribution is -2.14. The summed E-state index contributed by atoms with van der Waals surface area (Å²) in [7, 11) is 1.62. The first-order valence-corrected chi connectivity index (χ1v) is 8.56. The average molecular weight is 340 g/mol. The second-order valence-corrected chi connectivity index (χ2v) is 6.86. The predicted molar refractivity (Wildman–Crippen MR) is 92.9 cm³/mol. The first-order chi connectivity index (χ1) is 11.6. The van der Waals surface area contributed by atoms with E-state index in [4.69, 9.17) is 4.74 Å². The summed E-state index contributed by atoms with van der Waals surface area (Å²) in [6.07, 6.45) is 2.33. The normalized spacial score (nSPS) is 13.9. The number of hydrogen-bond donors (Lipinski definition) is 1.